The molecule has 0 fully saturated rings. The van der Waals surface area contributed by atoms with Crippen molar-refractivity contribution in [2.45, 2.75) is 13.3 Å². The Labute approximate surface area is 260 Å². The number of rotatable bonds is 1. The zero-order chi connectivity index (χ0) is 26.7. The smallest absolute Gasteiger partial charge is 0.0568 e. The Morgan fingerprint density at radius 1 is 0.525 bits per heavy atom. The topological polar surface area (TPSA) is 9.86 Å². The van der Waals surface area contributed by atoms with Gasteiger partial charge in [0.15, 0.2) is 0 Å². The number of nitrogens with zero attached hydrogens (tertiary/aromatic N) is 2. The van der Waals surface area contributed by atoms with Crippen LogP contribution in [0.1, 0.15) is 18.1 Å². The second-order valence-corrected chi connectivity index (χ2v) is 10.5. The van der Waals surface area contributed by atoms with E-state index in [0.717, 1.165) is 12.0 Å². The molecule has 0 atom stereocenters. The molecule has 0 unspecified atom stereocenters. The number of aryl methyl sites for hydroxylation is 3. The predicted octanol–water partition coefficient (Wildman–Crippen LogP) is 9.71. The van der Waals surface area contributed by atoms with Gasteiger partial charge >= 0.3 is 0 Å². The van der Waals surface area contributed by atoms with Crippen LogP contribution in [0.25, 0.3) is 65.2 Å². The zero-order valence-corrected chi connectivity index (χ0v) is 26.1. The molecule has 0 saturated heterocycles. The van der Waals surface area contributed by atoms with Crippen molar-refractivity contribution in [2.75, 3.05) is 0 Å². The van der Waals surface area contributed by atoms with Crippen molar-refractivity contribution in [1.29, 1.82) is 0 Å². The molecule has 1 radical (unpaired) electrons. The van der Waals surface area contributed by atoms with E-state index in [0.29, 0.717) is 0 Å². The van der Waals surface area contributed by atoms with Crippen LogP contribution in [0.5, 0.6) is 0 Å². The van der Waals surface area contributed by atoms with Crippen LogP contribution in [-0.2, 0) is 53.2 Å². The van der Waals surface area contributed by atoms with Gasteiger partial charge < -0.3 is 9.13 Å². The number of fused-ring (bicyclic) bond motifs is 10. The molecular weight excluding hydrogens is 561 g/mol. The summed E-state index contributed by atoms with van der Waals surface area (Å²) in [6.45, 7) is 6.21. The van der Waals surface area contributed by atoms with Crippen LogP contribution in [0.15, 0.2) is 109 Å². The van der Waals surface area contributed by atoms with E-state index in [9.17, 15) is 0 Å². The largest absolute Gasteiger partial charge is 0.343 e. The van der Waals surface area contributed by atoms with Crippen molar-refractivity contribution in [1.82, 2.24) is 9.13 Å². The Hall–Kier alpha value is -3.59. The zero-order valence-electron chi connectivity index (χ0n) is 23.3. The molecule has 0 N–H and O–H groups in total. The van der Waals surface area contributed by atoms with Gasteiger partial charge in [-0.3, -0.25) is 0 Å². The summed E-state index contributed by atoms with van der Waals surface area (Å²) in [6.07, 6.45) is 1.09. The van der Waals surface area contributed by atoms with E-state index in [1.54, 1.807) is 0 Å². The Bertz CT molecular complexity index is 2200. The minimum absolute atomic E-state index is 0. The first kappa shape index (κ1) is 26.6. The second-order valence-electron chi connectivity index (χ2n) is 10.5. The third kappa shape index (κ3) is 4.13. The van der Waals surface area contributed by atoms with Gasteiger partial charge in [-0.2, -0.15) is 24.6 Å². The van der Waals surface area contributed by atoms with Gasteiger partial charge in [0.25, 0.3) is 0 Å². The van der Waals surface area contributed by atoms with Crippen LogP contribution in [0, 0.1) is 6.92 Å². The summed E-state index contributed by atoms with van der Waals surface area (Å²) in [5.41, 5.74) is 7.68. The molecular formula is C37H31N2Y-. The average Bonchev–Trinajstić information content (AvgIpc) is 3.44. The first-order chi connectivity index (χ1) is 19.0. The molecule has 2 aromatic heterocycles. The SMILES string of the molecule is CCc1ccc2c(ccc3c4ccccc4n(C)c23)c1.[CH2-]c1ccc2c(ccc3c4ccccc4n(C)c23)c1.[Y]. The monoisotopic (exact) mass is 592 g/mol. The summed E-state index contributed by atoms with van der Waals surface area (Å²) in [5, 5.41) is 10.6. The van der Waals surface area contributed by atoms with Gasteiger partial charge in [-0.25, -0.2) is 0 Å². The number of hydrogen-bond donors (Lipinski definition) is 0. The molecule has 8 aromatic rings. The molecule has 0 spiro atoms. The molecule has 0 amide bonds. The Balaban J connectivity index is 0.000000141. The first-order valence-electron chi connectivity index (χ1n) is 13.7. The van der Waals surface area contributed by atoms with Gasteiger partial charge in [0, 0.05) is 84.8 Å². The van der Waals surface area contributed by atoms with Crippen LogP contribution >= 0.6 is 0 Å². The second kappa shape index (κ2) is 10.4. The molecule has 0 aliphatic heterocycles. The van der Waals surface area contributed by atoms with Crippen LogP contribution < -0.4 is 0 Å². The fraction of sp³-hybridized carbons (Fsp3) is 0.108. The van der Waals surface area contributed by atoms with Crippen LogP contribution in [0.3, 0.4) is 0 Å². The molecule has 3 heteroatoms. The summed E-state index contributed by atoms with van der Waals surface area (Å²) in [6, 6.07) is 39.4. The molecule has 8 rings (SSSR count). The van der Waals surface area contributed by atoms with E-state index in [2.05, 4.69) is 146 Å². The maximum atomic E-state index is 4.01. The van der Waals surface area contributed by atoms with Crippen molar-refractivity contribution in [2.24, 2.45) is 14.1 Å². The summed E-state index contributed by atoms with van der Waals surface area (Å²) < 4.78 is 4.61. The average molecular weight is 593 g/mol. The molecule has 2 heterocycles. The number of aromatic nitrogens is 2. The van der Waals surface area contributed by atoms with E-state index in [1.807, 2.05) is 0 Å². The predicted molar refractivity (Wildman–Crippen MR) is 170 cm³/mol. The van der Waals surface area contributed by atoms with E-state index in [-0.39, 0.29) is 32.7 Å². The van der Waals surface area contributed by atoms with Crippen molar-refractivity contribution in [3.63, 3.8) is 0 Å². The van der Waals surface area contributed by atoms with Gasteiger partial charge in [-0.05, 0) is 34.9 Å². The Morgan fingerprint density at radius 2 is 1.00 bits per heavy atom. The minimum atomic E-state index is 0. The van der Waals surface area contributed by atoms with E-state index in [1.165, 1.54) is 70.7 Å². The molecule has 40 heavy (non-hydrogen) atoms. The first-order valence-corrected chi connectivity index (χ1v) is 13.7. The molecule has 0 bridgehead atoms. The molecule has 193 valence electrons. The molecule has 0 saturated carbocycles. The van der Waals surface area contributed by atoms with Gasteiger partial charge in [0.2, 0.25) is 0 Å². The minimum Gasteiger partial charge on any atom is -0.343 e. The third-order valence-electron chi connectivity index (χ3n) is 8.30. The maximum absolute atomic E-state index is 4.01. The van der Waals surface area contributed by atoms with Gasteiger partial charge in [-0.15, -0.1) is 6.07 Å². The standard InChI is InChI=1S/C19H17N.C18H14N.Y/c1-3-13-8-10-15-14(12-13)9-11-17-16-6-4-5-7-18(16)20(2)19(15)17;1-12-7-9-14-13(11-12)8-10-16-15-5-3-4-6-17(15)19(2)18(14)16;/h4-12H,3H2,1-2H3;3-11H,1H2,2H3;/q;-1;. The molecule has 0 aliphatic rings. The van der Waals surface area contributed by atoms with Crippen molar-refractivity contribution < 1.29 is 32.7 Å². The van der Waals surface area contributed by atoms with Crippen molar-refractivity contribution in [3.05, 3.63) is 127 Å². The van der Waals surface area contributed by atoms with E-state index in [4.69, 9.17) is 0 Å². The molecule has 2 nitrogen and oxygen atoms in total. The summed E-state index contributed by atoms with van der Waals surface area (Å²) in [4.78, 5) is 0. The summed E-state index contributed by atoms with van der Waals surface area (Å²) in [7, 11) is 4.31. The van der Waals surface area contributed by atoms with Gasteiger partial charge in [-0.1, -0.05) is 91.2 Å². The normalized spacial score (nSPS) is 11.4. The van der Waals surface area contributed by atoms with Crippen LogP contribution in [-0.4, -0.2) is 9.13 Å². The van der Waals surface area contributed by atoms with Crippen LogP contribution in [0.4, 0.5) is 0 Å². The quantitative estimate of drug-likeness (QED) is 0.168. The van der Waals surface area contributed by atoms with Gasteiger partial charge in [0.05, 0.1) is 11.0 Å². The van der Waals surface area contributed by atoms with Crippen molar-refractivity contribution in [3.8, 4) is 0 Å². The fourth-order valence-corrected chi connectivity index (χ4v) is 6.33. The van der Waals surface area contributed by atoms with Crippen LogP contribution in [0.2, 0.25) is 0 Å². The third-order valence-corrected chi connectivity index (χ3v) is 8.30. The van der Waals surface area contributed by atoms with E-state index < -0.39 is 0 Å². The maximum Gasteiger partial charge on any atom is 0.0568 e. The van der Waals surface area contributed by atoms with Gasteiger partial charge in [0.1, 0.15) is 0 Å². The van der Waals surface area contributed by atoms with E-state index >= 15 is 0 Å². The summed E-state index contributed by atoms with van der Waals surface area (Å²) in [5.74, 6) is 0. The van der Waals surface area contributed by atoms with Crippen molar-refractivity contribution >= 4 is 65.2 Å². The number of hydrogen-bond acceptors (Lipinski definition) is 0. The number of benzene rings is 6. The number of para-hydroxylation sites is 2. The molecule has 0 aliphatic carbocycles. The Kier molecular flexibility index (Phi) is 6.94. The Morgan fingerprint density at radius 3 is 1.55 bits per heavy atom. The summed E-state index contributed by atoms with van der Waals surface area (Å²) >= 11 is 0. The molecule has 6 aromatic carbocycles. The fourth-order valence-electron chi connectivity index (χ4n) is 6.33.